The quantitative estimate of drug-likeness (QED) is 0.118. The molecule has 0 aliphatic heterocycles. The number of aryl methyl sites for hydroxylation is 2. The molecule has 56 heavy (non-hydrogen) atoms. The normalized spacial score (nSPS) is 13.3. The third-order valence-electron chi connectivity index (χ3n) is 10.1. The maximum Gasteiger partial charge on any atom is 0 e. The minimum atomic E-state index is -2.14. The average molecular weight is 982 g/mol. The number of furan rings is 1. The Hall–Kier alpha value is -4.36. The van der Waals surface area contributed by atoms with Crippen LogP contribution in [0.1, 0.15) is 92.7 Å². The van der Waals surface area contributed by atoms with Gasteiger partial charge in [0.2, 0.25) is 5.71 Å². The van der Waals surface area contributed by atoms with Crippen LogP contribution in [0.3, 0.4) is 0 Å². The van der Waals surface area contributed by atoms with Gasteiger partial charge in [0.05, 0.1) is 22.4 Å². The fourth-order valence-electron chi connectivity index (χ4n) is 7.27. The molecule has 0 spiro atoms. The van der Waals surface area contributed by atoms with Crippen LogP contribution in [-0.2, 0) is 20.1 Å². The van der Waals surface area contributed by atoms with E-state index in [1.54, 1.807) is 12.1 Å². The summed E-state index contributed by atoms with van der Waals surface area (Å²) in [4.78, 5) is 14.4. The summed E-state index contributed by atoms with van der Waals surface area (Å²) in [5, 5.41) is 2.04. The summed E-state index contributed by atoms with van der Waals surface area (Å²) >= 11 is -2.14. The predicted octanol–water partition coefficient (Wildman–Crippen LogP) is 12.9. The molecule has 0 N–H and O–H groups in total. The fourth-order valence-corrected chi connectivity index (χ4v) is 10.6. The Balaban J connectivity index is 0.000000213. The molecule has 289 valence electrons. The number of para-hydroxylation sites is 3. The van der Waals surface area contributed by atoms with Gasteiger partial charge in [0.25, 0.3) is 0 Å². The molecule has 0 bridgehead atoms. The Labute approximate surface area is 354 Å². The summed E-state index contributed by atoms with van der Waals surface area (Å²) < 4.78 is 40.7. The fraction of sp³-hybridized carbons (Fsp3) is 0.286. The Bertz CT molecular complexity index is 2790. The molecule has 0 saturated heterocycles. The van der Waals surface area contributed by atoms with Crippen molar-refractivity contribution in [3.63, 3.8) is 0 Å². The van der Waals surface area contributed by atoms with Crippen molar-refractivity contribution in [1.82, 2.24) is 19.5 Å². The molecule has 8 rings (SSSR count). The molecule has 4 heterocycles. The van der Waals surface area contributed by atoms with Crippen molar-refractivity contribution < 1.29 is 30.0 Å². The molecular formula is C49H52GeIrN4O-2. The molecule has 0 aliphatic carbocycles. The number of nitrogens with zero attached hydrogens (tertiary/aromatic N) is 4. The number of rotatable bonds is 7. The van der Waals surface area contributed by atoms with E-state index in [0.717, 1.165) is 61.3 Å². The van der Waals surface area contributed by atoms with E-state index >= 15 is 0 Å². The van der Waals surface area contributed by atoms with E-state index in [-0.39, 0.29) is 25.7 Å². The van der Waals surface area contributed by atoms with Gasteiger partial charge in [-0.15, -0.1) is 18.2 Å². The second kappa shape index (κ2) is 16.6. The zero-order valence-electron chi connectivity index (χ0n) is 37.9. The Morgan fingerprint density at radius 2 is 1.54 bits per heavy atom. The molecule has 8 aromatic rings. The van der Waals surface area contributed by atoms with Crippen LogP contribution in [0.15, 0.2) is 102 Å². The molecule has 0 aliphatic rings. The monoisotopic (exact) mass is 983 g/mol. The van der Waals surface area contributed by atoms with Crippen LogP contribution in [0.25, 0.3) is 61.4 Å². The van der Waals surface area contributed by atoms with E-state index in [1.165, 1.54) is 27.3 Å². The maximum atomic E-state index is 8.49. The minimum absolute atomic E-state index is 0. The molecule has 7 heteroatoms. The smallest absolute Gasteiger partial charge is 0 e. The van der Waals surface area contributed by atoms with Crippen LogP contribution in [0.2, 0.25) is 17.3 Å². The summed E-state index contributed by atoms with van der Waals surface area (Å²) in [7, 11) is 0. The number of imidazole rings is 1. The van der Waals surface area contributed by atoms with E-state index in [2.05, 4.69) is 120 Å². The maximum absolute atomic E-state index is 8.49. The van der Waals surface area contributed by atoms with Gasteiger partial charge in [-0.05, 0) is 54.2 Å². The molecular weight excluding hydrogens is 925 g/mol. The van der Waals surface area contributed by atoms with Gasteiger partial charge in [-0.3, -0.25) is 4.98 Å². The molecule has 0 fully saturated rings. The number of fused-ring (bicyclic) bond motifs is 4. The SMILES string of the molecule is Cc1ccc2c(n1)oc1c(-c3nc4ccccc4n3-c3c(C(C)C)cccc3C(C)C)[c-]ccc12.[2H]C([2H])([2H])c1c[c-]c(-c2cc(C([2H])(C)C)[c]([Ge]([CH3])([CH3])[CH3])cn2)cc1.[Ir]. The summed E-state index contributed by atoms with van der Waals surface area (Å²) in [6.07, 6.45) is 1.91. The average Bonchev–Trinajstić information content (AvgIpc) is 3.74. The van der Waals surface area contributed by atoms with E-state index in [9.17, 15) is 0 Å². The van der Waals surface area contributed by atoms with Gasteiger partial charge in [-0.25, -0.2) is 4.98 Å². The van der Waals surface area contributed by atoms with E-state index < -0.39 is 26.0 Å². The molecule has 0 amide bonds. The molecule has 0 unspecified atom stereocenters. The zero-order valence-corrected chi connectivity index (χ0v) is 38.4. The van der Waals surface area contributed by atoms with Crippen molar-refractivity contribution in [2.24, 2.45) is 0 Å². The third kappa shape index (κ3) is 8.07. The van der Waals surface area contributed by atoms with Crippen LogP contribution in [0.4, 0.5) is 0 Å². The number of benzene rings is 4. The molecule has 4 aromatic heterocycles. The summed E-state index contributed by atoms with van der Waals surface area (Å²) in [5.41, 5.74) is 11.8. The van der Waals surface area contributed by atoms with Crippen molar-refractivity contribution in [2.45, 2.75) is 90.3 Å². The number of hydrogen-bond donors (Lipinski definition) is 0. The van der Waals surface area contributed by atoms with Gasteiger partial charge in [0.15, 0.2) is 0 Å². The molecule has 4 aromatic carbocycles. The molecule has 0 atom stereocenters. The van der Waals surface area contributed by atoms with E-state index in [0.29, 0.717) is 17.5 Å². The molecule has 5 nitrogen and oxygen atoms in total. The number of pyridine rings is 2. The first kappa shape index (κ1) is 36.0. The minimum Gasteiger partial charge on any atom is 0 e. The standard InChI is InChI=1S/C31H28N3O.C18H24GeN.Ir/c1-18(2)21-10-8-11-22(19(3)4)28(21)34-27-15-7-6-14-26(27)33-30(34)25-13-9-12-23-24-17-16-20(5)32-31(24)35-29(23)25;1-13(2)16-11-18(15-9-7-14(3)8-10-15)20-12-17(16)19(4,5)6;/h6-12,14-19H,1-5H3;7-9,11-13H,1-6H3;/q2*-1;/i;3D3,13D;. The first-order chi connectivity index (χ1) is 27.7. The zero-order chi connectivity index (χ0) is 42.6. The Morgan fingerprint density at radius 3 is 2.18 bits per heavy atom. The first-order valence-corrected chi connectivity index (χ1v) is 26.4. The van der Waals surface area contributed by atoms with Gasteiger partial charge in [0.1, 0.15) is 0 Å². The van der Waals surface area contributed by atoms with Gasteiger partial charge >= 0.3 is 131 Å². The molecule has 1 radical (unpaired) electrons. The van der Waals surface area contributed by atoms with Crippen LogP contribution < -0.4 is 4.40 Å². The summed E-state index contributed by atoms with van der Waals surface area (Å²) in [5.74, 6) is 7.73. The number of aromatic nitrogens is 4. The Kier molecular flexibility index (Phi) is 10.7. The third-order valence-corrected chi connectivity index (χ3v) is 14.4. The van der Waals surface area contributed by atoms with Crippen molar-refractivity contribution in [2.75, 3.05) is 0 Å². The van der Waals surface area contributed by atoms with Gasteiger partial charge in [-0.2, -0.15) is 0 Å². The molecule has 0 saturated carbocycles. The van der Waals surface area contributed by atoms with Crippen molar-refractivity contribution in [3.05, 3.63) is 137 Å². The van der Waals surface area contributed by atoms with E-state index in [1.807, 2.05) is 51.2 Å². The van der Waals surface area contributed by atoms with Gasteiger partial charge < -0.3 is 8.98 Å². The largest absolute Gasteiger partial charge is 0 e. The second-order valence-electron chi connectivity index (χ2n) is 16.2. The van der Waals surface area contributed by atoms with Crippen LogP contribution >= 0.6 is 0 Å². The summed E-state index contributed by atoms with van der Waals surface area (Å²) in [6, 6.07) is 36.4. The van der Waals surface area contributed by atoms with Gasteiger partial charge in [0, 0.05) is 36.9 Å². The topological polar surface area (TPSA) is 56.7 Å². The van der Waals surface area contributed by atoms with Gasteiger partial charge in [-0.1, -0.05) is 69.0 Å². The van der Waals surface area contributed by atoms with Crippen LogP contribution in [-0.4, -0.2) is 32.8 Å². The van der Waals surface area contributed by atoms with Crippen LogP contribution in [0.5, 0.6) is 0 Å². The van der Waals surface area contributed by atoms with Crippen molar-refractivity contribution in [1.29, 1.82) is 0 Å². The predicted molar refractivity (Wildman–Crippen MR) is 234 cm³/mol. The van der Waals surface area contributed by atoms with Crippen LogP contribution in [0, 0.1) is 25.9 Å². The second-order valence-corrected chi connectivity index (χ2v) is 26.8. The van der Waals surface area contributed by atoms with Crippen molar-refractivity contribution in [3.8, 4) is 28.3 Å². The van der Waals surface area contributed by atoms with E-state index in [4.69, 9.17) is 14.9 Å². The summed E-state index contributed by atoms with van der Waals surface area (Å²) in [6.45, 7) is 12.7. The number of hydrogen-bond acceptors (Lipinski definition) is 4. The first-order valence-electron chi connectivity index (χ1n) is 21.1. The van der Waals surface area contributed by atoms with Crippen molar-refractivity contribution >= 4 is 50.8 Å². The Morgan fingerprint density at radius 1 is 0.804 bits per heavy atom.